The number of amides is 1. The number of carbonyl (C=O) groups excluding carboxylic acids is 2. The van der Waals surface area contributed by atoms with Crippen LogP contribution < -0.4 is 19.1 Å². The third kappa shape index (κ3) is 5.16. The van der Waals surface area contributed by atoms with Gasteiger partial charge >= 0.3 is 0 Å². The molecule has 1 atom stereocenters. The zero-order valence-electron chi connectivity index (χ0n) is 22.2. The lowest BCUT2D eigenvalue weighted by Gasteiger charge is -2.26. The van der Waals surface area contributed by atoms with Crippen molar-refractivity contribution in [2.75, 3.05) is 39.8 Å². The third-order valence-electron chi connectivity index (χ3n) is 6.49. The first-order chi connectivity index (χ1) is 18.3. The Labute approximate surface area is 222 Å². The second kappa shape index (κ2) is 11.3. The SMILES string of the molecule is CCOc1cccc(CN2C(=O)C(=O)/C(=C(/O)c3cc(OC)ccc3OC)C2c2ccc(N(C)C)cc2)c1. The van der Waals surface area contributed by atoms with Crippen molar-refractivity contribution < 1.29 is 28.9 Å². The van der Waals surface area contributed by atoms with Gasteiger partial charge in [0.05, 0.1) is 38.0 Å². The van der Waals surface area contributed by atoms with Gasteiger partial charge in [-0.2, -0.15) is 0 Å². The van der Waals surface area contributed by atoms with E-state index in [2.05, 4.69) is 0 Å². The number of hydrogen-bond acceptors (Lipinski definition) is 7. The summed E-state index contributed by atoms with van der Waals surface area (Å²) in [4.78, 5) is 30.4. The minimum absolute atomic E-state index is 0.0138. The number of likely N-dealkylation sites (tertiary alicyclic amines) is 1. The van der Waals surface area contributed by atoms with Gasteiger partial charge < -0.3 is 29.1 Å². The molecule has 0 aliphatic carbocycles. The lowest BCUT2D eigenvalue weighted by Crippen LogP contribution is -2.29. The van der Waals surface area contributed by atoms with Crippen LogP contribution >= 0.6 is 0 Å². The molecule has 8 nitrogen and oxygen atoms in total. The van der Waals surface area contributed by atoms with Crippen molar-refractivity contribution in [1.29, 1.82) is 0 Å². The molecule has 1 fully saturated rings. The molecule has 38 heavy (non-hydrogen) atoms. The molecule has 4 rings (SSSR count). The maximum absolute atomic E-state index is 13.5. The van der Waals surface area contributed by atoms with Crippen molar-refractivity contribution >= 4 is 23.1 Å². The number of hydrogen-bond donors (Lipinski definition) is 1. The molecule has 8 heteroatoms. The molecule has 1 N–H and O–H groups in total. The van der Waals surface area contributed by atoms with Gasteiger partial charge in [0, 0.05) is 26.3 Å². The smallest absolute Gasteiger partial charge is 0.295 e. The highest BCUT2D eigenvalue weighted by atomic mass is 16.5. The number of aliphatic hydroxyl groups excluding tert-OH is 1. The van der Waals surface area contributed by atoms with E-state index in [0.717, 1.165) is 11.3 Å². The van der Waals surface area contributed by atoms with Gasteiger partial charge in [0.25, 0.3) is 11.7 Å². The van der Waals surface area contributed by atoms with E-state index in [0.29, 0.717) is 29.4 Å². The standard InChI is InChI=1S/C30H32N2O6/c1-6-38-23-9-7-8-19(16-23)18-32-27(20-10-12-21(13-11-20)31(2)3)26(29(34)30(32)35)28(33)24-17-22(36-4)14-15-25(24)37-5/h7-17,27,33H,6,18H2,1-5H3/b28-26+. The lowest BCUT2D eigenvalue weighted by atomic mass is 9.94. The fraction of sp³-hybridized carbons (Fsp3) is 0.267. The molecule has 1 unspecified atom stereocenters. The first-order valence-electron chi connectivity index (χ1n) is 12.3. The minimum atomic E-state index is -0.821. The summed E-state index contributed by atoms with van der Waals surface area (Å²) >= 11 is 0. The number of Topliss-reactive ketones (excluding diaryl/α,β-unsaturated/α-hetero) is 1. The number of nitrogens with zero attached hydrogens (tertiary/aromatic N) is 2. The maximum atomic E-state index is 13.5. The van der Waals surface area contributed by atoms with Gasteiger partial charge in [-0.25, -0.2) is 0 Å². The first-order valence-corrected chi connectivity index (χ1v) is 12.3. The van der Waals surface area contributed by atoms with Gasteiger partial charge in [-0.3, -0.25) is 9.59 Å². The fourth-order valence-corrected chi connectivity index (χ4v) is 4.59. The van der Waals surface area contributed by atoms with Gasteiger partial charge in [0.1, 0.15) is 23.0 Å². The Bertz CT molecular complexity index is 1360. The summed E-state index contributed by atoms with van der Waals surface area (Å²) in [6.07, 6.45) is 0. The van der Waals surface area contributed by atoms with E-state index in [1.54, 1.807) is 18.2 Å². The molecule has 3 aromatic rings. The molecular formula is C30H32N2O6. The number of carbonyl (C=O) groups is 2. The Kier molecular flexibility index (Phi) is 7.90. The number of aliphatic hydroxyl groups is 1. The zero-order valence-corrected chi connectivity index (χ0v) is 22.2. The van der Waals surface area contributed by atoms with Crippen LogP contribution in [-0.4, -0.2) is 56.6 Å². The second-order valence-corrected chi connectivity index (χ2v) is 9.06. The van der Waals surface area contributed by atoms with Crippen LogP contribution in [0.25, 0.3) is 5.76 Å². The lowest BCUT2D eigenvalue weighted by molar-refractivity contribution is -0.140. The second-order valence-electron chi connectivity index (χ2n) is 9.06. The average Bonchev–Trinajstić information content (AvgIpc) is 3.17. The van der Waals surface area contributed by atoms with Crippen LogP contribution in [0, 0.1) is 0 Å². The summed E-state index contributed by atoms with van der Waals surface area (Å²) in [6, 6.07) is 19.1. The van der Waals surface area contributed by atoms with Crippen LogP contribution in [0.1, 0.15) is 29.7 Å². The van der Waals surface area contributed by atoms with Crippen LogP contribution in [0.2, 0.25) is 0 Å². The fourth-order valence-electron chi connectivity index (χ4n) is 4.59. The Morgan fingerprint density at radius 2 is 1.68 bits per heavy atom. The van der Waals surface area contributed by atoms with Crippen molar-refractivity contribution in [3.05, 3.63) is 89.0 Å². The summed E-state index contributed by atoms with van der Waals surface area (Å²) in [6.45, 7) is 2.56. The van der Waals surface area contributed by atoms with Gasteiger partial charge in [0.15, 0.2) is 0 Å². The molecule has 1 saturated heterocycles. The van der Waals surface area contributed by atoms with E-state index < -0.39 is 17.7 Å². The Morgan fingerprint density at radius 1 is 0.947 bits per heavy atom. The van der Waals surface area contributed by atoms with E-state index in [1.807, 2.05) is 74.4 Å². The van der Waals surface area contributed by atoms with Gasteiger partial charge in [-0.05, 0) is 60.5 Å². The summed E-state index contributed by atoms with van der Waals surface area (Å²) in [7, 11) is 6.84. The topological polar surface area (TPSA) is 88.5 Å². The Morgan fingerprint density at radius 3 is 2.32 bits per heavy atom. The molecule has 1 heterocycles. The summed E-state index contributed by atoms with van der Waals surface area (Å²) in [5, 5.41) is 11.5. The predicted molar refractivity (Wildman–Crippen MR) is 146 cm³/mol. The molecule has 3 aromatic carbocycles. The van der Waals surface area contributed by atoms with Crippen molar-refractivity contribution in [3.63, 3.8) is 0 Å². The summed E-state index contributed by atoms with van der Waals surface area (Å²) < 4.78 is 16.4. The first kappa shape index (κ1) is 26.6. The number of rotatable bonds is 9. The molecule has 0 aromatic heterocycles. The van der Waals surface area contributed by atoms with Crippen LogP contribution in [0.4, 0.5) is 5.69 Å². The van der Waals surface area contributed by atoms with Gasteiger partial charge in [-0.1, -0.05) is 24.3 Å². The average molecular weight is 517 g/mol. The van der Waals surface area contributed by atoms with Crippen molar-refractivity contribution in [1.82, 2.24) is 4.90 Å². The molecule has 0 saturated carbocycles. The number of ether oxygens (including phenoxy) is 3. The summed E-state index contributed by atoms with van der Waals surface area (Å²) in [5.41, 5.74) is 2.70. The number of methoxy groups -OCH3 is 2. The number of anilines is 1. The highest BCUT2D eigenvalue weighted by molar-refractivity contribution is 6.46. The molecule has 1 aliphatic rings. The third-order valence-corrected chi connectivity index (χ3v) is 6.49. The maximum Gasteiger partial charge on any atom is 0.295 e. The Balaban J connectivity index is 1.88. The Hall–Kier alpha value is -4.46. The van der Waals surface area contributed by atoms with E-state index >= 15 is 0 Å². The number of benzene rings is 3. The van der Waals surface area contributed by atoms with Crippen molar-refractivity contribution in [3.8, 4) is 17.2 Å². The zero-order chi connectivity index (χ0) is 27.4. The summed E-state index contributed by atoms with van der Waals surface area (Å²) in [5.74, 6) is -0.297. The predicted octanol–water partition coefficient (Wildman–Crippen LogP) is 4.79. The van der Waals surface area contributed by atoms with E-state index in [9.17, 15) is 14.7 Å². The molecule has 0 spiro atoms. The van der Waals surface area contributed by atoms with E-state index in [4.69, 9.17) is 14.2 Å². The minimum Gasteiger partial charge on any atom is -0.507 e. The quantitative estimate of drug-likeness (QED) is 0.249. The van der Waals surface area contributed by atoms with E-state index in [-0.39, 0.29) is 23.4 Å². The largest absolute Gasteiger partial charge is 0.507 e. The molecular weight excluding hydrogens is 484 g/mol. The van der Waals surface area contributed by atoms with Crippen molar-refractivity contribution in [2.24, 2.45) is 0 Å². The van der Waals surface area contributed by atoms with Crippen LogP contribution in [0.15, 0.2) is 72.3 Å². The van der Waals surface area contributed by atoms with E-state index in [1.165, 1.54) is 19.1 Å². The van der Waals surface area contributed by atoms with Crippen LogP contribution in [0.5, 0.6) is 17.2 Å². The van der Waals surface area contributed by atoms with Crippen LogP contribution in [-0.2, 0) is 16.1 Å². The van der Waals surface area contributed by atoms with Crippen LogP contribution in [0.3, 0.4) is 0 Å². The molecule has 1 amide bonds. The number of ketones is 1. The molecule has 198 valence electrons. The molecule has 0 radical (unpaired) electrons. The molecule has 1 aliphatic heterocycles. The van der Waals surface area contributed by atoms with Gasteiger partial charge in [0.2, 0.25) is 0 Å². The normalized spacial score (nSPS) is 16.4. The monoisotopic (exact) mass is 516 g/mol. The molecule has 0 bridgehead atoms. The highest BCUT2D eigenvalue weighted by Crippen LogP contribution is 2.42. The van der Waals surface area contributed by atoms with Gasteiger partial charge in [-0.15, -0.1) is 0 Å². The van der Waals surface area contributed by atoms with Crippen molar-refractivity contribution in [2.45, 2.75) is 19.5 Å². The highest BCUT2D eigenvalue weighted by Gasteiger charge is 2.46.